The van der Waals surface area contributed by atoms with Gasteiger partial charge in [0.15, 0.2) is 17.3 Å². The maximum Gasteiger partial charge on any atom is 0.204 e. The minimum absolute atomic E-state index is 0.125. The summed E-state index contributed by atoms with van der Waals surface area (Å²) < 4.78 is 17.4. The number of hydrogen-bond donors (Lipinski definition) is 0. The lowest BCUT2D eigenvalue weighted by Gasteiger charge is -2.17. The summed E-state index contributed by atoms with van der Waals surface area (Å²) >= 11 is 1.92. The second-order valence-corrected chi connectivity index (χ2v) is 13.0. The first-order chi connectivity index (χ1) is 22.1. The van der Waals surface area contributed by atoms with Gasteiger partial charge < -0.3 is 14.2 Å². The van der Waals surface area contributed by atoms with Gasteiger partial charge in [0.2, 0.25) is 5.75 Å². The van der Waals surface area contributed by atoms with Crippen molar-refractivity contribution in [1.82, 2.24) is 0 Å². The molecule has 0 bridgehead atoms. The summed E-state index contributed by atoms with van der Waals surface area (Å²) in [5.74, 6) is 2.55. The zero-order chi connectivity index (χ0) is 32.4. The summed E-state index contributed by atoms with van der Waals surface area (Å²) in [5.41, 5.74) is 1.47. The van der Waals surface area contributed by atoms with Gasteiger partial charge in [-0.3, -0.25) is 4.79 Å². The van der Waals surface area contributed by atoms with E-state index in [1.54, 1.807) is 18.2 Å². The van der Waals surface area contributed by atoms with E-state index in [2.05, 4.69) is 31.2 Å². The normalized spacial score (nSPS) is 11.3. The van der Waals surface area contributed by atoms with E-state index in [0.29, 0.717) is 42.6 Å². The fourth-order valence-corrected chi connectivity index (χ4v) is 6.44. The molecule has 0 amide bonds. The van der Waals surface area contributed by atoms with Gasteiger partial charge in [0.1, 0.15) is 0 Å². The lowest BCUT2D eigenvalue weighted by Crippen LogP contribution is -2.07. The van der Waals surface area contributed by atoms with Crippen LogP contribution in [0.25, 0.3) is 6.08 Å². The molecule has 0 heterocycles. The number of unbranched alkanes of at least 4 members (excludes halogenated alkanes) is 16. The van der Waals surface area contributed by atoms with Gasteiger partial charge in [-0.05, 0) is 68.8 Å². The molecule has 0 aliphatic heterocycles. The van der Waals surface area contributed by atoms with Crippen LogP contribution in [0.3, 0.4) is 0 Å². The molecule has 2 aromatic carbocycles. The number of ketones is 1. The topological polar surface area (TPSA) is 44.8 Å². The minimum Gasteiger partial charge on any atom is -0.490 e. The van der Waals surface area contributed by atoms with E-state index >= 15 is 0 Å². The van der Waals surface area contributed by atoms with Crippen molar-refractivity contribution in [3.05, 3.63) is 53.6 Å². The van der Waals surface area contributed by atoms with Crippen LogP contribution in [-0.4, -0.2) is 31.4 Å². The van der Waals surface area contributed by atoms with Crippen LogP contribution in [-0.2, 0) is 0 Å². The van der Waals surface area contributed by atoms with Crippen LogP contribution in [0.5, 0.6) is 17.2 Å². The molecule has 0 spiro atoms. The number of allylic oxidation sites excluding steroid dienone is 1. The molecule has 0 saturated heterocycles. The Bertz CT molecular complexity index is 1060. The molecule has 2 aromatic rings. The molecule has 0 N–H and O–H groups in total. The van der Waals surface area contributed by atoms with Gasteiger partial charge in [0, 0.05) is 4.90 Å². The van der Waals surface area contributed by atoms with Gasteiger partial charge >= 0.3 is 0 Å². The second kappa shape index (κ2) is 25.8. The predicted octanol–water partition coefficient (Wildman–Crippen LogP) is 12.5. The summed E-state index contributed by atoms with van der Waals surface area (Å²) in [6, 6.07) is 12.0. The Labute approximate surface area is 280 Å². The summed E-state index contributed by atoms with van der Waals surface area (Å²) in [6.45, 7) is 9.41. The first kappa shape index (κ1) is 38.8. The number of benzene rings is 2. The Morgan fingerprint density at radius 2 is 1.07 bits per heavy atom. The SMILES string of the molecule is CCCCCCCCCCCCCCCCCCCSc1ccc(C=CC(=O)c2ccc(OCC)c(OCC)c2OCC)cc1. The van der Waals surface area contributed by atoms with E-state index in [4.69, 9.17) is 14.2 Å². The highest BCUT2D eigenvalue weighted by molar-refractivity contribution is 7.99. The number of carbonyl (C=O) groups is 1. The third kappa shape index (κ3) is 16.6. The Hall–Kier alpha value is -2.40. The van der Waals surface area contributed by atoms with Crippen molar-refractivity contribution in [3.63, 3.8) is 0 Å². The first-order valence-corrected chi connectivity index (χ1v) is 19.1. The maximum absolute atomic E-state index is 13.1. The molecule has 5 heteroatoms. The van der Waals surface area contributed by atoms with Crippen LogP contribution in [0.15, 0.2) is 47.4 Å². The lowest BCUT2D eigenvalue weighted by atomic mass is 10.0. The van der Waals surface area contributed by atoms with Crippen molar-refractivity contribution in [2.24, 2.45) is 0 Å². The van der Waals surface area contributed by atoms with E-state index in [0.717, 1.165) is 11.3 Å². The third-order valence-electron chi connectivity index (χ3n) is 8.04. The number of rotatable bonds is 28. The molecular formula is C40H62O4S. The largest absolute Gasteiger partial charge is 0.490 e. The Balaban J connectivity index is 1.60. The molecule has 0 atom stereocenters. The zero-order valence-corrected chi connectivity index (χ0v) is 29.8. The van der Waals surface area contributed by atoms with Gasteiger partial charge in [-0.2, -0.15) is 0 Å². The average Bonchev–Trinajstić information content (AvgIpc) is 3.05. The highest BCUT2D eigenvalue weighted by Gasteiger charge is 2.20. The molecule has 0 fully saturated rings. The molecule has 0 aromatic heterocycles. The van der Waals surface area contributed by atoms with E-state index in [1.165, 1.54) is 114 Å². The molecule has 252 valence electrons. The molecule has 0 radical (unpaired) electrons. The fraction of sp³-hybridized carbons (Fsp3) is 0.625. The number of ether oxygens (including phenoxy) is 3. The average molecular weight is 639 g/mol. The molecule has 0 saturated carbocycles. The highest BCUT2D eigenvalue weighted by atomic mass is 32.2. The first-order valence-electron chi connectivity index (χ1n) is 18.1. The zero-order valence-electron chi connectivity index (χ0n) is 29.0. The lowest BCUT2D eigenvalue weighted by molar-refractivity contribution is 0.104. The van der Waals surface area contributed by atoms with Gasteiger partial charge in [0.25, 0.3) is 0 Å². The third-order valence-corrected chi connectivity index (χ3v) is 9.14. The molecule has 0 aliphatic carbocycles. The van der Waals surface area contributed by atoms with Crippen LogP contribution >= 0.6 is 11.8 Å². The Kier molecular flexibility index (Phi) is 22.2. The van der Waals surface area contributed by atoms with Crippen molar-refractivity contribution in [2.45, 2.75) is 142 Å². The standard InChI is InChI=1S/C40H62O4S/c1-5-9-10-11-12-13-14-15-16-17-18-19-20-21-22-23-24-33-45-35-28-25-34(26-29-35)27-31-37(41)36-30-32-38(42-6-2)40(44-8-4)39(36)43-7-3/h25-32H,5-24,33H2,1-4H3. The summed E-state index contributed by atoms with van der Waals surface area (Å²) in [5, 5.41) is 0. The van der Waals surface area contributed by atoms with E-state index in [1.807, 2.05) is 38.6 Å². The summed E-state index contributed by atoms with van der Waals surface area (Å²) in [4.78, 5) is 14.4. The van der Waals surface area contributed by atoms with Gasteiger partial charge in [-0.25, -0.2) is 0 Å². The predicted molar refractivity (Wildman–Crippen MR) is 195 cm³/mol. The second-order valence-electron chi connectivity index (χ2n) is 11.8. The van der Waals surface area contributed by atoms with Crippen LogP contribution in [0.1, 0.15) is 153 Å². The van der Waals surface area contributed by atoms with Gasteiger partial charge in [0.05, 0.1) is 25.4 Å². The smallest absolute Gasteiger partial charge is 0.204 e. The van der Waals surface area contributed by atoms with Gasteiger partial charge in [-0.15, -0.1) is 11.8 Å². The van der Waals surface area contributed by atoms with Crippen molar-refractivity contribution in [3.8, 4) is 17.2 Å². The van der Waals surface area contributed by atoms with Crippen molar-refractivity contribution in [2.75, 3.05) is 25.6 Å². The molecule has 4 nitrogen and oxygen atoms in total. The van der Waals surface area contributed by atoms with Crippen LogP contribution in [0.2, 0.25) is 0 Å². The van der Waals surface area contributed by atoms with Crippen LogP contribution < -0.4 is 14.2 Å². The van der Waals surface area contributed by atoms with Crippen LogP contribution in [0.4, 0.5) is 0 Å². The number of carbonyl (C=O) groups excluding carboxylic acids is 1. The van der Waals surface area contributed by atoms with Crippen molar-refractivity contribution in [1.29, 1.82) is 0 Å². The summed E-state index contributed by atoms with van der Waals surface area (Å²) in [6.07, 6.45) is 27.4. The Morgan fingerprint density at radius 3 is 1.58 bits per heavy atom. The highest BCUT2D eigenvalue weighted by Crippen LogP contribution is 2.41. The quantitative estimate of drug-likeness (QED) is 0.0401. The number of hydrogen-bond acceptors (Lipinski definition) is 5. The van der Waals surface area contributed by atoms with Crippen molar-refractivity contribution < 1.29 is 19.0 Å². The van der Waals surface area contributed by atoms with Crippen molar-refractivity contribution >= 4 is 23.6 Å². The Morgan fingerprint density at radius 1 is 0.578 bits per heavy atom. The molecule has 0 aliphatic rings. The van der Waals surface area contributed by atoms with Gasteiger partial charge in [-0.1, -0.05) is 128 Å². The van der Waals surface area contributed by atoms with Crippen LogP contribution in [0, 0.1) is 0 Å². The minimum atomic E-state index is -0.125. The summed E-state index contributed by atoms with van der Waals surface area (Å²) in [7, 11) is 0. The fourth-order valence-electron chi connectivity index (χ4n) is 5.53. The van der Waals surface area contributed by atoms with E-state index < -0.39 is 0 Å². The molecule has 45 heavy (non-hydrogen) atoms. The van der Waals surface area contributed by atoms with E-state index in [9.17, 15) is 4.79 Å². The molecule has 0 unspecified atom stereocenters. The number of thioether (sulfide) groups is 1. The maximum atomic E-state index is 13.1. The molecular weight excluding hydrogens is 577 g/mol. The van der Waals surface area contributed by atoms with E-state index in [-0.39, 0.29) is 5.78 Å². The molecule has 2 rings (SSSR count). The monoisotopic (exact) mass is 638 g/mol.